The summed E-state index contributed by atoms with van der Waals surface area (Å²) in [5.41, 5.74) is 11.3. The van der Waals surface area contributed by atoms with E-state index in [1.54, 1.807) is 27.3 Å². The summed E-state index contributed by atoms with van der Waals surface area (Å²) in [6, 6.07) is 8.46. The number of hydrogen-bond acceptors (Lipinski definition) is 2. The van der Waals surface area contributed by atoms with Crippen LogP contribution in [0.4, 0.5) is 8.71 Å². The van der Waals surface area contributed by atoms with Crippen LogP contribution in [0.25, 0.3) is 11.6 Å². The summed E-state index contributed by atoms with van der Waals surface area (Å²) in [4.78, 5) is 0. The standard InChI is InChI=1S/C21H22BF2N3O/c1-14-12-16(7-5-15-6-8-18(23)20(13-15)28-2)27-21(14)17(9-10-25)19-4-3-11-26(19)22(27)24/h3-8,11-13,22H,9-10,25H2,1-2H3/b7-5+. The Morgan fingerprint density at radius 3 is 2.86 bits per heavy atom. The average Bonchev–Trinajstić information content (AvgIpc) is 3.30. The molecule has 3 heterocycles. The van der Waals surface area contributed by atoms with Gasteiger partial charge in [0.2, 0.25) is 0 Å². The normalized spacial score (nSPS) is 18.6. The molecule has 0 spiro atoms. The predicted octanol–water partition coefficient (Wildman–Crippen LogP) is 3.37. The maximum absolute atomic E-state index is 15.4. The Hall–Kier alpha value is -2.93. The smallest absolute Gasteiger partial charge is 0.494 e. The first-order valence-electron chi connectivity index (χ1n) is 9.32. The van der Waals surface area contributed by atoms with Crippen LogP contribution < -0.4 is 10.5 Å². The highest BCUT2D eigenvalue weighted by atomic mass is 19.1. The summed E-state index contributed by atoms with van der Waals surface area (Å²) in [6.07, 6.45) is 8.14. The number of allylic oxidation sites excluding steroid dienone is 3. The number of nitrogens with zero attached hydrogens (tertiary/aromatic N) is 2. The predicted molar refractivity (Wildman–Crippen MR) is 110 cm³/mol. The fourth-order valence-electron chi connectivity index (χ4n) is 4.07. The van der Waals surface area contributed by atoms with Crippen molar-refractivity contribution in [2.24, 2.45) is 5.73 Å². The third kappa shape index (κ3) is 2.92. The minimum Gasteiger partial charge on any atom is -0.494 e. The Morgan fingerprint density at radius 1 is 1.29 bits per heavy atom. The molecule has 4 nitrogen and oxygen atoms in total. The third-order valence-corrected chi connectivity index (χ3v) is 5.30. The Balaban J connectivity index is 1.80. The molecule has 2 aliphatic heterocycles. The van der Waals surface area contributed by atoms with Gasteiger partial charge in [0.05, 0.1) is 7.11 Å². The molecule has 0 saturated carbocycles. The number of ether oxygens (including phenoxy) is 1. The molecule has 0 amide bonds. The van der Waals surface area contributed by atoms with Crippen LogP contribution in [0.15, 0.2) is 60.0 Å². The van der Waals surface area contributed by atoms with Crippen molar-refractivity contribution in [1.29, 1.82) is 0 Å². The SMILES string of the molecule is COc1cc(/C=C/C2=[N+]3[BH-](F)n4cccc4C(CCN)=C3C(C)=C2)ccc1F. The summed E-state index contributed by atoms with van der Waals surface area (Å²) in [7, 11) is -0.866. The van der Waals surface area contributed by atoms with Gasteiger partial charge in [0.25, 0.3) is 0 Å². The van der Waals surface area contributed by atoms with Gasteiger partial charge in [-0.1, -0.05) is 6.07 Å². The minimum atomic E-state index is -2.30. The lowest BCUT2D eigenvalue weighted by Gasteiger charge is -2.29. The quantitative estimate of drug-likeness (QED) is 0.808. The monoisotopic (exact) mass is 381 g/mol. The molecule has 2 aliphatic rings. The Kier molecular flexibility index (Phi) is 4.77. The van der Waals surface area contributed by atoms with Gasteiger partial charge in [0.15, 0.2) is 23.0 Å². The topological polar surface area (TPSA) is 43.2 Å². The highest BCUT2D eigenvalue weighted by Crippen LogP contribution is 2.36. The Labute approximate surface area is 163 Å². The fourth-order valence-corrected chi connectivity index (χ4v) is 4.07. The number of nitrogens with two attached hydrogens (primary N) is 1. The van der Waals surface area contributed by atoms with E-state index in [2.05, 4.69) is 0 Å². The second-order valence-electron chi connectivity index (χ2n) is 7.02. The van der Waals surface area contributed by atoms with E-state index in [0.717, 1.165) is 33.8 Å². The van der Waals surface area contributed by atoms with Crippen LogP contribution in [0.1, 0.15) is 24.6 Å². The van der Waals surface area contributed by atoms with E-state index in [1.807, 2.05) is 37.3 Å². The van der Waals surface area contributed by atoms with Crippen molar-refractivity contribution in [2.45, 2.75) is 13.3 Å². The second kappa shape index (κ2) is 7.24. The number of methoxy groups -OCH3 is 1. The zero-order chi connectivity index (χ0) is 19.8. The maximum Gasteiger partial charge on any atom is 0.536 e. The van der Waals surface area contributed by atoms with Crippen LogP contribution in [-0.2, 0) is 0 Å². The highest BCUT2D eigenvalue weighted by molar-refractivity contribution is 6.43. The van der Waals surface area contributed by atoms with Gasteiger partial charge in [-0.3, -0.25) is 0 Å². The highest BCUT2D eigenvalue weighted by Gasteiger charge is 2.37. The van der Waals surface area contributed by atoms with Crippen LogP contribution in [0.2, 0.25) is 0 Å². The fraction of sp³-hybridized carbons (Fsp3) is 0.190. The lowest BCUT2D eigenvalue weighted by Crippen LogP contribution is -2.40. The van der Waals surface area contributed by atoms with Gasteiger partial charge in [-0.25, -0.2) is 4.39 Å². The molecule has 0 saturated heterocycles. The molecule has 4 rings (SSSR count). The summed E-state index contributed by atoms with van der Waals surface area (Å²) >= 11 is 0. The molecule has 0 radical (unpaired) electrons. The lowest BCUT2D eigenvalue weighted by atomic mass is 9.90. The van der Waals surface area contributed by atoms with Crippen molar-refractivity contribution in [3.8, 4) is 5.75 Å². The molecule has 1 aromatic carbocycles. The minimum absolute atomic E-state index is 0.181. The van der Waals surface area contributed by atoms with Crippen molar-refractivity contribution in [3.63, 3.8) is 0 Å². The maximum atomic E-state index is 15.4. The summed E-state index contributed by atoms with van der Waals surface area (Å²) in [5, 5.41) is 0. The van der Waals surface area contributed by atoms with E-state index in [9.17, 15) is 4.39 Å². The summed E-state index contributed by atoms with van der Waals surface area (Å²) in [6.45, 7) is 2.49. The molecule has 144 valence electrons. The van der Waals surface area contributed by atoms with E-state index in [1.165, 1.54) is 13.2 Å². The molecule has 1 aromatic heterocycles. The zero-order valence-corrected chi connectivity index (χ0v) is 16.0. The number of benzene rings is 1. The molecular formula is C21H22BF2N3O. The van der Waals surface area contributed by atoms with E-state index in [4.69, 9.17) is 10.5 Å². The van der Waals surface area contributed by atoms with Gasteiger partial charge >= 0.3 is 7.26 Å². The van der Waals surface area contributed by atoms with Crippen LogP contribution >= 0.6 is 0 Å². The molecule has 28 heavy (non-hydrogen) atoms. The number of rotatable bonds is 5. The largest absolute Gasteiger partial charge is 0.536 e. The van der Waals surface area contributed by atoms with E-state index < -0.39 is 13.1 Å². The molecule has 0 fully saturated rings. The number of aromatic nitrogens is 1. The molecule has 2 aromatic rings. The molecule has 2 N–H and O–H groups in total. The first-order chi connectivity index (χ1) is 13.5. The van der Waals surface area contributed by atoms with Crippen molar-refractivity contribution < 1.29 is 17.9 Å². The lowest BCUT2D eigenvalue weighted by molar-refractivity contribution is -0.335. The van der Waals surface area contributed by atoms with E-state index >= 15 is 4.32 Å². The Morgan fingerprint density at radius 2 is 2.11 bits per heavy atom. The number of hydrogen-bond donors (Lipinski definition) is 1. The van der Waals surface area contributed by atoms with Gasteiger partial charge in [0.1, 0.15) is 0 Å². The van der Waals surface area contributed by atoms with Crippen LogP contribution in [0.5, 0.6) is 5.75 Å². The van der Waals surface area contributed by atoms with Crippen LogP contribution in [0, 0.1) is 5.82 Å². The van der Waals surface area contributed by atoms with Crippen molar-refractivity contribution in [3.05, 3.63) is 77.0 Å². The van der Waals surface area contributed by atoms with Crippen LogP contribution in [-0.4, -0.2) is 35.6 Å². The summed E-state index contributed by atoms with van der Waals surface area (Å²) in [5.74, 6) is -0.231. The zero-order valence-electron chi connectivity index (χ0n) is 16.0. The van der Waals surface area contributed by atoms with Crippen molar-refractivity contribution in [2.75, 3.05) is 13.7 Å². The van der Waals surface area contributed by atoms with Gasteiger partial charge in [0, 0.05) is 29.0 Å². The molecule has 0 aliphatic carbocycles. The Bertz CT molecular complexity index is 1070. The second-order valence-corrected chi connectivity index (χ2v) is 7.02. The number of fused-ring (bicyclic) bond motifs is 2. The molecular weight excluding hydrogens is 359 g/mol. The first-order valence-corrected chi connectivity index (χ1v) is 9.32. The molecule has 7 heteroatoms. The number of halogens is 2. The van der Waals surface area contributed by atoms with Crippen molar-refractivity contribution >= 4 is 24.6 Å². The first kappa shape index (κ1) is 18.4. The molecule has 1 unspecified atom stereocenters. The van der Waals surface area contributed by atoms with Gasteiger partial charge in [-0.05, 0) is 62.0 Å². The molecule has 0 bridgehead atoms. The van der Waals surface area contributed by atoms with Gasteiger partial charge in [-0.2, -0.15) is 0 Å². The van der Waals surface area contributed by atoms with E-state index in [-0.39, 0.29) is 5.75 Å². The third-order valence-electron chi connectivity index (χ3n) is 5.30. The van der Waals surface area contributed by atoms with E-state index in [0.29, 0.717) is 13.0 Å². The van der Waals surface area contributed by atoms with Crippen LogP contribution in [0.3, 0.4) is 0 Å². The average molecular weight is 381 g/mol. The van der Waals surface area contributed by atoms with Gasteiger partial charge < -0.3 is 23.8 Å². The van der Waals surface area contributed by atoms with Gasteiger partial charge in [-0.15, -0.1) is 0 Å². The summed E-state index contributed by atoms with van der Waals surface area (Å²) < 4.78 is 37.6. The molecule has 1 atom stereocenters. The van der Waals surface area contributed by atoms with Crippen molar-refractivity contribution in [1.82, 2.24) is 4.48 Å².